The fraction of sp³-hybridized carbons (Fsp3) is 0.353. The lowest BCUT2D eigenvalue weighted by Crippen LogP contribution is -2.28. The minimum atomic E-state index is -0.549. The molecule has 1 atom stereocenters. The first kappa shape index (κ1) is 18.6. The van der Waals surface area contributed by atoms with Crippen molar-refractivity contribution in [2.45, 2.75) is 25.9 Å². The molecule has 1 aliphatic heterocycles. The van der Waals surface area contributed by atoms with Crippen LogP contribution in [0.25, 0.3) is 0 Å². The number of hydrogen-bond donors (Lipinski definition) is 1. The Balaban J connectivity index is 1.91. The molecule has 0 bridgehead atoms. The van der Waals surface area contributed by atoms with Gasteiger partial charge in [0.15, 0.2) is 15.2 Å². The van der Waals surface area contributed by atoms with E-state index in [-0.39, 0.29) is 27.8 Å². The van der Waals surface area contributed by atoms with Crippen molar-refractivity contribution >= 4 is 39.9 Å². The van der Waals surface area contributed by atoms with E-state index < -0.39 is 5.97 Å². The molecule has 0 aliphatic carbocycles. The lowest BCUT2D eigenvalue weighted by molar-refractivity contribution is -0.129. The molecule has 0 radical (unpaired) electrons. The van der Waals surface area contributed by atoms with Crippen LogP contribution < -0.4 is 5.32 Å². The van der Waals surface area contributed by atoms with Crippen LogP contribution in [0.1, 0.15) is 40.2 Å². The molecule has 1 aliphatic rings. The summed E-state index contributed by atoms with van der Waals surface area (Å²) in [7, 11) is 1.28. The number of esters is 1. The first-order valence-corrected chi connectivity index (χ1v) is 9.13. The van der Waals surface area contributed by atoms with Gasteiger partial charge in [0.25, 0.3) is 0 Å². The SMILES string of the molecule is COC(=O)c1sc(NC2CCN(C(C)=O)Cc3cc(F)ccc32)nc1Cl. The van der Waals surface area contributed by atoms with E-state index in [1.54, 1.807) is 11.0 Å². The summed E-state index contributed by atoms with van der Waals surface area (Å²) in [5.74, 6) is -0.962. The van der Waals surface area contributed by atoms with Crippen LogP contribution in [0.4, 0.5) is 9.52 Å². The van der Waals surface area contributed by atoms with E-state index in [2.05, 4.69) is 15.0 Å². The average molecular weight is 398 g/mol. The third kappa shape index (κ3) is 3.81. The van der Waals surface area contributed by atoms with Gasteiger partial charge >= 0.3 is 5.97 Å². The summed E-state index contributed by atoms with van der Waals surface area (Å²) in [6.07, 6.45) is 0.614. The van der Waals surface area contributed by atoms with Gasteiger partial charge in [0.05, 0.1) is 13.2 Å². The normalized spacial score (nSPS) is 16.6. The second kappa shape index (κ2) is 7.59. The molecule has 6 nitrogen and oxygen atoms in total. The minimum Gasteiger partial charge on any atom is -0.465 e. The predicted octanol–water partition coefficient (Wildman–Crippen LogP) is 3.63. The molecule has 9 heteroatoms. The number of carbonyl (C=O) groups is 2. The summed E-state index contributed by atoms with van der Waals surface area (Å²) >= 11 is 7.10. The zero-order valence-corrected chi connectivity index (χ0v) is 15.8. The predicted molar refractivity (Wildman–Crippen MR) is 96.9 cm³/mol. The molecule has 26 heavy (non-hydrogen) atoms. The van der Waals surface area contributed by atoms with E-state index in [4.69, 9.17) is 11.6 Å². The van der Waals surface area contributed by atoms with Gasteiger partial charge in [-0.15, -0.1) is 0 Å². The van der Waals surface area contributed by atoms with Crippen LogP contribution in [0.15, 0.2) is 18.2 Å². The third-order valence-corrected chi connectivity index (χ3v) is 5.58. The summed E-state index contributed by atoms with van der Waals surface area (Å²) in [5, 5.41) is 3.79. The van der Waals surface area contributed by atoms with Gasteiger partial charge in [0, 0.05) is 20.0 Å². The average Bonchev–Trinajstić information content (AvgIpc) is 2.86. The van der Waals surface area contributed by atoms with Gasteiger partial charge in [0.1, 0.15) is 5.82 Å². The van der Waals surface area contributed by atoms with Crippen LogP contribution in [0.2, 0.25) is 5.15 Å². The Morgan fingerprint density at radius 3 is 2.92 bits per heavy atom. The molecule has 0 spiro atoms. The highest BCUT2D eigenvalue weighted by Crippen LogP contribution is 2.34. The topological polar surface area (TPSA) is 71.5 Å². The number of anilines is 1. The number of thiazole rings is 1. The molecule has 0 saturated heterocycles. The number of benzene rings is 1. The molecule has 0 saturated carbocycles. The number of carbonyl (C=O) groups excluding carboxylic acids is 2. The first-order chi connectivity index (χ1) is 12.4. The second-order valence-corrected chi connectivity index (χ2v) is 7.26. The van der Waals surface area contributed by atoms with Gasteiger partial charge in [-0.3, -0.25) is 4.79 Å². The molecule has 1 aromatic heterocycles. The maximum Gasteiger partial charge on any atom is 0.351 e. The van der Waals surface area contributed by atoms with E-state index in [1.165, 1.54) is 26.2 Å². The Morgan fingerprint density at radius 2 is 2.23 bits per heavy atom. The number of aromatic nitrogens is 1. The minimum absolute atomic E-state index is 0.0638. The molecule has 3 rings (SSSR count). The van der Waals surface area contributed by atoms with Crippen molar-refractivity contribution in [1.82, 2.24) is 9.88 Å². The molecule has 138 valence electrons. The zero-order chi connectivity index (χ0) is 18.8. The van der Waals surface area contributed by atoms with Gasteiger partial charge in [-0.1, -0.05) is 29.0 Å². The molecule has 2 heterocycles. The van der Waals surface area contributed by atoms with Crippen LogP contribution in [0, 0.1) is 5.82 Å². The number of nitrogens with one attached hydrogen (secondary N) is 1. The van der Waals surface area contributed by atoms with Crippen molar-refractivity contribution in [2.24, 2.45) is 0 Å². The van der Waals surface area contributed by atoms with E-state index >= 15 is 0 Å². The van der Waals surface area contributed by atoms with Gasteiger partial charge in [-0.2, -0.15) is 0 Å². The molecule has 1 N–H and O–H groups in total. The quantitative estimate of drug-likeness (QED) is 0.801. The Bertz CT molecular complexity index is 858. The van der Waals surface area contributed by atoms with Crippen molar-refractivity contribution < 1.29 is 18.7 Å². The number of amides is 1. The number of fused-ring (bicyclic) bond motifs is 1. The smallest absolute Gasteiger partial charge is 0.351 e. The Hall–Kier alpha value is -2.19. The van der Waals surface area contributed by atoms with E-state index in [0.717, 1.165) is 22.5 Å². The summed E-state index contributed by atoms with van der Waals surface area (Å²) < 4.78 is 18.4. The number of rotatable bonds is 3. The van der Waals surface area contributed by atoms with Crippen LogP contribution in [-0.4, -0.2) is 35.4 Å². The maximum absolute atomic E-state index is 13.7. The summed E-state index contributed by atoms with van der Waals surface area (Å²) in [6, 6.07) is 4.36. The molecule has 1 aromatic carbocycles. The van der Waals surface area contributed by atoms with Crippen molar-refractivity contribution in [3.8, 4) is 0 Å². The van der Waals surface area contributed by atoms with E-state index in [0.29, 0.717) is 24.6 Å². The Labute approximate surface area is 158 Å². The summed E-state index contributed by atoms with van der Waals surface area (Å²) in [6.45, 7) is 2.37. The highest BCUT2D eigenvalue weighted by atomic mass is 35.5. The van der Waals surface area contributed by atoms with Gasteiger partial charge in [-0.05, 0) is 29.7 Å². The third-order valence-electron chi connectivity index (χ3n) is 4.23. The van der Waals surface area contributed by atoms with Gasteiger partial charge in [0.2, 0.25) is 5.91 Å². The van der Waals surface area contributed by atoms with E-state index in [9.17, 15) is 14.0 Å². The van der Waals surface area contributed by atoms with Crippen LogP contribution in [0.3, 0.4) is 0 Å². The molecule has 1 amide bonds. The molecular formula is C17H17ClFN3O3S. The number of methoxy groups -OCH3 is 1. The Morgan fingerprint density at radius 1 is 1.46 bits per heavy atom. The molecule has 1 unspecified atom stereocenters. The number of halogens is 2. The molecule has 2 aromatic rings. The lowest BCUT2D eigenvalue weighted by atomic mass is 9.99. The van der Waals surface area contributed by atoms with Gasteiger partial charge in [-0.25, -0.2) is 14.2 Å². The number of hydrogen-bond acceptors (Lipinski definition) is 6. The van der Waals surface area contributed by atoms with E-state index in [1.807, 2.05) is 0 Å². The monoisotopic (exact) mass is 397 g/mol. The lowest BCUT2D eigenvalue weighted by Gasteiger charge is -2.19. The van der Waals surface area contributed by atoms with Crippen molar-refractivity contribution in [3.05, 3.63) is 45.2 Å². The van der Waals surface area contributed by atoms with Crippen LogP contribution >= 0.6 is 22.9 Å². The summed E-state index contributed by atoms with van der Waals surface area (Å²) in [4.78, 5) is 29.6. The first-order valence-electron chi connectivity index (χ1n) is 7.94. The fourth-order valence-electron chi connectivity index (χ4n) is 2.93. The highest BCUT2D eigenvalue weighted by molar-refractivity contribution is 7.18. The van der Waals surface area contributed by atoms with Crippen LogP contribution in [0.5, 0.6) is 0 Å². The second-order valence-electron chi connectivity index (χ2n) is 5.90. The maximum atomic E-state index is 13.7. The van der Waals surface area contributed by atoms with Crippen molar-refractivity contribution in [1.29, 1.82) is 0 Å². The van der Waals surface area contributed by atoms with Crippen molar-refractivity contribution in [3.63, 3.8) is 0 Å². The van der Waals surface area contributed by atoms with Crippen molar-refractivity contribution in [2.75, 3.05) is 19.0 Å². The molecule has 0 fully saturated rings. The zero-order valence-electron chi connectivity index (χ0n) is 14.2. The highest BCUT2D eigenvalue weighted by Gasteiger charge is 2.26. The number of ether oxygens (including phenoxy) is 1. The summed E-state index contributed by atoms with van der Waals surface area (Å²) in [5.41, 5.74) is 1.63. The van der Waals surface area contributed by atoms with Gasteiger partial charge < -0.3 is 15.0 Å². The Kier molecular flexibility index (Phi) is 5.43. The largest absolute Gasteiger partial charge is 0.465 e. The number of nitrogens with zero attached hydrogens (tertiary/aromatic N) is 2. The molecular weight excluding hydrogens is 381 g/mol. The standard InChI is InChI=1S/C17H17ClFN3O3S/c1-9(23)22-6-5-13(12-4-3-11(19)7-10(12)8-22)20-17-21-15(18)14(26-17)16(24)25-2/h3-4,7,13H,5-6,8H2,1-2H3,(H,20,21). The fourth-order valence-corrected chi connectivity index (χ4v) is 4.08. The van der Waals surface area contributed by atoms with Crippen LogP contribution in [-0.2, 0) is 16.1 Å².